The van der Waals surface area contributed by atoms with Gasteiger partial charge in [0.2, 0.25) is 0 Å². The summed E-state index contributed by atoms with van der Waals surface area (Å²) in [6, 6.07) is 0. The molecule has 36 heavy (non-hydrogen) atoms. The first kappa shape index (κ1) is 30.5. The Balaban J connectivity index is 1.38. The summed E-state index contributed by atoms with van der Waals surface area (Å²) in [5.74, 6) is 0. The first-order valence-corrected chi connectivity index (χ1v) is 12.6. The Morgan fingerprint density at radius 2 is 1.42 bits per heavy atom. The lowest BCUT2D eigenvalue weighted by Gasteiger charge is -2.32. The molecule has 0 aromatic carbocycles. The van der Waals surface area contributed by atoms with Gasteiger partial charge in [-0.3, -0.25) is 4.68 Å². The Bertz CT molecular complexity index is 766. The lowest BCUT2D eigenvalue weighted by Crippen LogP contribution is -2.41. The van der Waals surface area contributed by atoms with E-state index < -0.39 is 18.8 Å². The van der Waals surface area contributed by atoms with Crippen molar-refractivity contribution in [3.63, 3.8) is 0 Å². The summed E-state index contributed by atoms with van der Waals surface area (Å²) < 4.78 is 41.0. The summed E-state index contributed by atoms with van der Waals surface area (Å²) in [6.45, 7) is 18.4. The van der Waals surface area contributed by atoms with E-state index in [1.165, 1.54) is 0 Å². The van der Waals surface area contributed by atoms with Crippen molar-refractivity contribution < 1.29 is 37.8 Å². The number of ether oxygens (including phenoxy) is 5. The normalized spacial score (nSPS) is 16.9. The molecule has 0 saturated carbocycles. The predicted molar refractivity (Wildman–Crippen MR) is 135 cm³/mol. The number of hydrogen-bond acceptors (Lipinski definition) is 9. The van der Waals surface area contributed by atoms with Crippen LogP contribution in [-0.2, 0) is 39.5 Å². The molecule has 1 saturated heterocycles. The highest BCUT2D eigenvalue weighted by molar-refractivity contribution is 6.61. The van der Waals surface area contributed by atoms with E-state index >= 15 is 0 Å². The van der Waals surface area contributed by atoms with Crippen LogP contribution >= 0.6 is 0 Å². The van der Waals surface area contributed by atoms with Gasteiger partial charge < -0.3 is 38.3 Å². The quantitative estimate of drug-likeness (QED) is 0.261. The molecule has 0 atom stereocenters. The van der Waals surface area contributed by atoms with Gasteiger partial charge in [-0.15, -0.1) is 0 Å². The van der Waals surface area contributed by atoms with Crippen LogP contribution in [0.15, 0.2) is 12.4 Å². The summed E-state index contributed by atoms with van der Waals surface area (Å²) in [4.78, 5) is 11.5. The van der Waals surface area contributed by atoms with E-state index in [0.717, 1.165) is 5.46 Å². The minimum Gasteiger partial charge on any atom is -0.444 e. The minimum atomic E-state index is -0.506. The third-order valence-corrected chi connectivity index (χ3v) is 5.67. The van der Waals surface area contributed by atoms with E-state index in [2.05, 4.69) is 10.4 Å². The zero-order valence-corrected chi connectivity index (χ0v) is 23.0. The maximum absolute atomic E-state index is 11.5. The van der Waals surface area contributed by atoms with Gasteiger partial charge in [0.25, 0.3) is 0 Å². The number of aromatic nitrogens is 2. The highest BCUT2D eigenvalue weighted by Crippen LogP contribution is 2.36. The zero-order chi connectivity index (χ0) is 26.7. The summed E-state index contributed by atoms with van der Waals surface area (Å²) in [7, 11) is -0.409. The second kappa shape index (κ2) is 14.3. The first-order chi connectivity index (χ1) is 16.9. The molecule has 2 rings (SSSR count). The Morgan fingerprint density at radius 1 is 0.917 bits per heavy atom. The molecule has 12 heteroatoms. The number of carbonyl (C=O) groups is 1. The molecule has 1 amide bonds. The number of alkyl carbamates (subject to hydrolysis) is 1. The van der Waals surface area contributed by atoms with Crippen LogP contribution in [-0.4, -0.2) is 99.2 Å². The van der Waals surface area contributed by atoms with Crippen molar-refractivity contribution in [3.05, 3.63) is 12.4 Å². The van der Waals surface area contributed by atoms with Crippen molar-refractivity contribution in [2.75, 3.05) is 59.4 Å². The molecule has 0 aliphatic carbocycles. The topological polar surface area (TPSA) is 112 Å². The molecular weight excluding hydrogens is 469 g/mol. The van der Waals surface area contributed by atoms with Crippen molar-refractivity contribution in [2.24, 2.45) is 0 Å². The lowest BCUT2D eigenvalue weighted by molar-refractivity contribution is -0.00273. The highest BCUT2D eigenvalue weighted by atomic mass is 16.7. The number of nitrogens with zero attached hydrogens (tertiary/aromatic N) is 2. The number of carbonyl (C=O) groups excluding carboxylic acids is 1. The fourth-order valence-corrected chi connectivity index (χ4v) is 3.06. The largest absolute Gasteiger partial charge is 0.498 e. The second-order valence-corrected chi connectivity index (χ2v) is 10.5. The summed E-state index contributed by atoms with van der Waals surface area (Å²) in [6.07, 6.45) is 3.26. The van der Waals surface area contributed by atoms with Crippen molar-refractivity contribution in [1.29, 1.82) is 0 Å². The smallest absolute Gasteiger partial charge is 0.444 e. The lowest BCUT2D eigenvalue weighted by atomic mass is 9.82. The van der Waals surface area contributed by atoms with Crippen LogP contribution in [0.2, 0.25) is 0 Å². The van der Waals surface area contributed by atoms with Gasteiger partial charge in [-0.2, -0.15) is 5.10 Å². The molecule has 0 unspecified atom stereocenters. The van der Waals surface area contributed by atoms with E-state index in [9.17, 15) is 4.79 Å². The average Bonchev–Trinajstić information content (AvgIpc) is 3.31. The summed E-state index contributed by atoms with van der Waals surface area (Å²) in [5.41, 5.74) is -0.345. The molecule has 1 aromatic rings. The third-order valence-electron chi connectivity index (χ3n) is 5.67. The SMILES string of the molecule is CC(C)(C)OC(=O)NCCOCCOCCOCCOCCn1cc(B2OC(C)(C)C(C)(C)O2)cn1. The second-order valence-electron chi connectivity index (χ2n) is 10.5. The molecule has 1 aliphatic rings. The van der Waals surface area contributed by atoms with Gasteiger partial charge in [0, 0.05) is 24.4 Å². The Hall–Kier alpha value is -1.70. The monoisotopic (exact) mass is 513 g/mol. The van der Waals surface area contributed by atoms with Crippen LogP contribution in [0.5, 0.6) is 0 Å². The number of amides is 1. The van der Waals surface area contributed by atoms with E-state index in [4.69, 9.17) is 33.0 Å². The number of hydrogen-bond donors (Lipinski definition) is 1. The van der Waals surface area contributed by atoms with Gasteiger partial charge >= 0.3 is 13.2 Å². The van der Waals surface area contributed by atoms with Crippen molar-refractivity contribution >= 4 is 18.7 Å². The van der Waals surface area contributed by atoms with Crippen LogP contribution in [0, 0.1) is 0 Å². The van der Waals surface area contributed by atoms with Crippen LogP contribution in [0.3, 0.4) is 0 Å². The molecule has 2 heterocycles. The van der Waals surface area contributed by atoms with Crippen LogP contribution < -0.4 is 10.8 Å². The van der Waals surface area contributed by atoms with Gasteiger partial charge in [0.15, 0.2) is 0 Å². The Morgan fingerprint density at radius 3 is 1.94 bits per heavy atom. The van der Waals surface area contributed by atoms with Gasteiger partial charge in [0.05, 0.1) is 70.6 Å². The number of rotatable bonds is 16. The van der Waals surface area contributed by atoms with Crippen molar-refractivity contribution in [1.82, 2.24) is 15.1 Å². The van der Waals surface area contributed by atoms with Gasteiger partial charge in [-0.1, -0.05) is 0 Å². The molecule has 1 aliphatic heterocycles. The minimum absolute atomic E-state index is 0.371. The highest BCUT2D eigenvalue weighted by Gasteiger charge is 2.52. The summed E-state index contributed by atoms with van der Waals surface area (Å²) in [5, 5.41) is 7.00. The molecule has 0 radical (unpaired) electrons. The maximum Gasteiger partial charge on any atom is 0.498 e. The molecule has 1 fully saturated rings. The van der Waals surface area contributed by atoms with E-state index in [1.54, 1.807) is 6.20 Å². The van der Waals surface area contributed by atoms with E-state index in [1.807, 2.05) is 59.3 Å². The molecule has 1 aromatic heterocycles. The first-order valence-electron chi connectivity index (χ1n) is 12.6. The molecule has 206 valence electrons. The van der Waals surface area contributed by atoms with E-state index in [0.29, 0.717) is 65.9 Å². The third kappa shape index (κ3) is 11.1. The standard InChI is InChI=1S/C24H44BN3O8/c1-22(2,3)34-21(29)26-8-10-30-12-14-32-16-17-33-15-13-31-11-9-28-19-20(18-27-28)25-35-23(4,5)24(6,7)36-25/h18-19H,8-17H2,1-7H3,(H,26,29). The van der Waals surface area contributed by atoms with Gasteiger partial charge in [0.1, 0.15) is 5.60 Å². The zero-order valence-electron chi connectivity index (χ0n) is 23.0. The molecule has 11 nitrogen and oxygen atoms in total. The van der Waals surface area contributed by atoms with Crippen LogP contribution in [0.25, 0.3) is 0 Å². The fraction of sp³-hybridized carbons (Fsp3) is 0.833. The fourth-order valence-electron chi connectivity index (χ4n) is 3.06. The van der Waals surface area contributed by atoms with Crippen molar-refractivity contribution in [2.45, 2.75) is 71.8 Å². The molecular formula is C24H44BN3O8. The Kier molecular flexibility index (Phi) is 12.1. The maximum atomic E-state index is 11.5. The number of nitrogens with one attached hydrogen (secondary N) is 1. The average molecular weight is 513 g/mol. The van der Waals surface area contributed by atoms with Crippen molar-refractivity contribution in [3.8, 4) is 0 Å². The van der Waals surface area contributed by atoms with Gasteiger partial charge in [-0.05, 0) is 48.5 Å². The van der Waals surface area contributed by atoms with Crippen LogP contribution in [0.4, 0.5) is 4.79 Å². The predicted octanol–water partition coefficient (Wildman–Crippen LogP) is 1.77. The molecule has 0 bridgehead atoms. The summed E-state index contributed by atoms with van der Waals surface area (Å²) >= 11 is 0. The Labute approximate surface area is 215 Å². The van der Waals surface area contributed by atoms with Gasteiger partial charge in [-0.25, -0.2) is 4.79 Å². The van der Waals surface area contributed by atoms with E-state index in [-0.39, 0.29) is 11.2 Å². The molecule has 0 spiro atoms. The van der Waals surface area contributed by atoms with Crippen LogP contribution in [0.1, 0.15) is 48.5 Å². The molecule has 1 N–H and O–H groups in total.